The Morgan fingerprint density at radius 2 is 2.35 bits per heavy atom. The van der Waals surface area contributed by atoms with E-state index in [-0.39, 0.29) is 24.8 Å². The van der Waals surface area contributed by atoms with Gasteiger partial charge in [-0.3, -0.25) is 9.59 Å². The molecule has 0 saturated carbocycles. The molecule has 0 radical (unpaired) electrons. The second-order valence-corrected chi connectivity index (χ2v) is 6.27. The van der Waals surface area contributed by atoms with Crippen molar-refractivity contribution in [3.05, 3.63) is 34.4 Å². The topological polar surface area (TPSA) is 87.2 Å². The van der Waals surface area contributed by atoms with Crippen LogP contribution in [0.5, 0.6) is 0 Å². The Morgan fingerprint density at radius 1 is 1.48 bits per heavy atom. The van der Waals surface area contributed by atoms with Crippen molar-refractivity contribution in [1.29, 1.82) is 0 Å². The van der Waals surface area contributed by atoms with Gasteiger partial charge in [0.2, 0.25) is 11.8 Å². The molecule has 2 amide bonds. The van der Waals surface area contributed by atoms with Gasteiger partial charge in [0.05, 0.1) is 23.7 Å². The van der Waals surface area contributed by atoms with E-state index in [1.807, 2.05) is 5.38 Å². The maximum atomic E-state index is 12.2. The molecule has 2 aromatic heterocycles. The Kier molecular flexibility index (Phi) is 4.73. The average Bonchev–Trinajstić information content (AvgIpc) is 2.96. The molecule has 3 rings (SSSR count). The van der Waals surface area contributed by atoms with Gasteiger partial charge in [-0.05, 0) is 12.1 Å². The van der Waals surface area contributed by atoms with Crippen molar-refractivity contribution >= 4 is 45.7 Å². The molecule has 0 bridgehead atoms. The number of hydrogen-bond donors (Lipinski definition) is 2. The number of rotatable bonds is 4. The smallest absolute Gasteiger partial charge is 0.239 e. The van der Waals surface area contributed by atoms with Gasteiger partial charge in [-0.25, -0.2) is 9.97 Å². The van der Waals surface area contributed by atoms with Gasteiger partial charge in [-0.2, -0.15) is 0 Å². The molecule has 7 nitrogen and oxygen atoms in total. The van der Waals surface area contributed by atoms with Crippen molar-refractivity contribution in [2.45, 2.75) is 6.42 Å². The van der Waals surface area contributed by atoms with E-state index in [9.17, 15) is 9.59 Å². The van der Waals surface area contributed by atoms with Crippen LogP contribution in [0.25, 0.3) is 0 Å². The first-order valence-electron chi connectivity index (χ1n) is 6.97. The molecule has 2 aromatic rings. The van der Waals surface area contributed by atoms with Crippen LogP contribution in [0, 0.1) is 0 Å². The third-order valence-corrected chi connectivity index (χ3v) is 4.27. The number of nitrogens with zero attached hydrogens (tertiary/aromatic N) is 3. The number of thiazole rings is 1. The quantitative estimate of drug-likeness (QED) is 0.870. The van der Waals surface area contributed by atoms with Crippen LogP contribution in [0.1, 0.15) is 5.69 Å². The Bertz CT molecular complexity index is 718. The summed E-state index contributed by atoms with van der Waals surface area (Å²) in [6, 6.07) is 3.48. The number of halogens is 1. The largest absolute Gasteiger partial charge is 0.353 e. The molecule has 1 fully saturated rings. The van der Waals surface area contributed by atoms with E-state index in [0.29, 0.717) is 34.8 Å². The van der Waals surface area contributed by atoms with Gasteiger partial charge in [-0.15, -0.1) is 11.3 Å². The molecule has 23 heavy (non-hydrogen) atoms. The highest BCUT2D eigenvalue weighted by atomic mass is 35.5. The highest BCUT2D eigenvalue weighted by Crippen LogP contribution is 2.21. The highest BCUT2D eigenvalue weighted by molar-refractivity contribution is 7.13. The van der Waals surface area contributed by atoms with Gasteiger partial charge in [0.1, 0.15) is 5.82 Å². The zero-order chi connectivity index (χ0) is 16.2. The number of piperazine rings is 1. The molecule has 2 N–H and O–H groups in total. The Balaban J connectivity index is 1.59. The van der Waals surface area contributed by atoms with E-state index < -0.39 is 0 Å². The fourth-order valence-corrected chi connectivity index (χ4v) is 2.95. The summed E-state index contributed by atoms with van der Waals surface area (Å²) in [7, 11) is 0. The number of aromatic nitrogens is 2. The predicted octanol–water partition coefficient (Wildman–Crippen LogP) is 1.44. The van der Waals surface area contributed by atoms with Crippen molar-refractivity contribution in [1.82, 2.24) is 20.2 Å². The number of carbonyl (C=O) groups is 2. The van der Waals surface area contributed by atoms with Gasteiger partial charge in [0.15, 0.2) is 5.13 Å². The van der Waals surface area contributed by atoms with E-state index in [0.717, 1.165) is 0 Å². The van der Waals surface area contributed by atoms with Gasteiger partial charge >= 0.3 is 0 Å². The van der Waals surface area contributed by atoms with Crippen LogP contribution in [0.4, 0.5) is 10.9 Å². The molecule has 0 aromatic carbocycles. The van der Waals surface area contributed by atoms with E-state index in [1.54, 1.807) is 23.2 Å². The zero-order valence-corrected chi connectivity index (χ0v) is 13.7. The Morgan fingerprint density at radius 3 is 3.09 bits per heavy atom. The minimum absolute atomic E-state index is 0.0960. The van der Waals surface area contributed by atoms with Crippen molar-refractivity contribution in [3.63, 3.8) is 0 Å². The van der Waals surface area contributed by atoms with E-state index >= 15 is 0 Å². The van der Waals surface area contributed by atoms with E-state index in [4.69, 9.17) is 11.6 Å². The number of nitrogens with one attached hydrogen (secondary N) is 2. The minimum atomic E-state index is -0.126. The summed E-state index contributed by atoms with van der Waals surface area (Å²) in [6.45, 7) is 1.15. The Labute approximate surface area is 141 Å². The van der Waals surface area contributed by atoms with Crippen LogP contribution in [0.15, 0.2) is 23.7 Å². The number of anilines is 2. The van der Waals surface area contributed by atoms with Gasteiger partial charge in [0.25, 0.3) is 0 Å². The van der Waals surface area contributed by atoms with Crippen molar-refractivity contribution < 1.29 is 9.59 Å². The monoisotopic (exact) mass is 351 g/mol. The summed E-state index contributed by atoms with van der Waals surface area (Å²) in [5.74, 6) is 0.412. The highest BCUT2D eigenvalue weighted by Gasteiger charge is 2.21. The number of amides is 2. The lowest BCUT2D eigenvalue weighted by molar-refractivity contribution is -0.137. The molecule has 0 spiro atoms. The van der Waals surface area contributed by atoms with Crippen LogP contribution < -0.4 is 10.6 Å². The fraction of sp³-hybridized carbons (Fsp3) is 0.286. The molecule has 0 unspecified atom stereocenters. The lowest BCUT2D eigenvalue weighted by Crippen LogP contribution is -2.50. The molecule has 0 atom stereocenters. The first kappa shape index (κ1) is 15.7. The van der Waals surface area contributed by atoms with Crippen LogP contribution in [0.2, 0.25) is 5.02 Å². The molecule has 1 aliphatic rings. The maximum Gasteiger partial charge on any atom is 0.239 e. The molecule has 1 saturated heterocycles. The summed E-state index contributed by atoms with van der Waals surface area (Å²) >= 11 is 7.18. The second kappa shape index (κ2) is 6.93. The Hall–Kier alpha value is -2.19. The lowest BCUT2D eigenvalue weighted by atomic mass is 10.2. The van der Waals surface area contributed by atoms with E-state index in [1.165, 1.54) is 11.3 Å². The van der Waals surface area contributed by atoms with Gasteiger partial charge < -0.3 is 15.5 Å². The van der Waals surface area contributed by atoms with Crippen LogP contribution in [0.3, 0.4) is 0 Å². The first-order valence-corrected chi connectivity index (χ1v) is 8.23. The van der Waals surface area contributed by atoms with Gasteiger partial charge in [-0.1, -0.05) is 11.6 Å². The van der Waals surface area contributed by atoms with Gasteiger partial charge in [0, 0.05) is 24.7 Å². The number of hydrogen-bond acceptors (Lipinski definition) is 6. The summed E-state index contributed by atoms with van der Waals surface area (Å²) in [4.78, 5) is 33.5. The molecule has 120 valence electrons. The van der Waals surface area contributed by atoms with Crippen molar-refractivity contribution in [2.24, 2.45) is 0 Å². The number of pyridine rings is 1. The average molecular weight is 352 g/mol. The van der Waals surface area contributed by atoms with E-state index in [2.05, 4.69) is 20.6 Å². The normalized spacial score (nSPS) is 14.5. The SMILES string of the molecule is O=C1CN(C(=O)Cc2csc(Nc3ccc(Cl)cn3)n2)CCN1. The molecule has 3 heterocycles. The summed E-state index contributed by atoms with van der Waals surface area (Å²) in [5.41, 5.74) is 0.669. The predicted molar refractivity (Wildman–Crippen MR) is 87.9 cm³/mol. The molecule has 0 aliphatic carbocycles. The first-order chi connectivity index (χ1) is 11.1. The summed E-state index contributed by atoms with van der Waals surface area (Å²) in [5, 5.41) is 8.79. The molecule has 9 heteroatoms. The lowest BCUT2D eigenvalue weighted by Gasteiger charge is -2.26. The third-order valence-electron chi connectivity index (χ3n) is 3.24. The molecule has 1 aliphatic heterocycles. The van der Waals surface area contributed by atoms with Crippen LogP contribution in [-0.2, 0) is 16.0 Å². The van der Waals surface area contributed by atoms with Crippen LogP contribution in [-0.4, -0.2) is 46.3 Å². The second-order valence-electron chi connectivity index (χ2n) is 4.97. The number of carbonyl (C=O) groups excluding carboxylic acids is 2. The fourth-order valence-electron chi connectivity index (χ4n) is 2.12. The minimum Gasteiger partial charge on any atom is -0.353 e. The summed E-state index contributed by atoms with van der Waals surface area (Å²) < 4.78 is 0. The summed E-state index contributed by atoms with van der Waals surface area (Å²) in [6.07, 6.45) is 1.73. The molecular weight excluding hydrogens is 338 g/mol. The molecular formula is C14H14ClN5O2S. The third kappa shape index (κ3) is 4.17. The zero-order valence-electron chi connectivity index (χ0n) is 12.1. The van der Waals surface area contributed by atoms with Crippen molar-refractivity contribution in [3.8, 4) is 0 Å². The van der Waals surface area contributed by atoms with Crippen molar-refractivity contribution in [2.75, 3.05) is 25.0 Å². The maximum absolute atomic E-state index is 12.2. The standard InChI is InChI=1S/C14H14ClN5O2S/c15-9-1-2-11(17-6-9)19-14-18-10(8-23-14)5-13(22)20-4-3-16-12(21)7-20/h1-2,6,8H,3-5,7H2,(H,16,21)(H,17,18,19). The van der Waals surface area contributed by atoms with Crippen LogP contribution >= 0.6 is 22.9 Å².